The number of ether oxygens (including phenoxy) is 1. The Bertz CT molecular complexity index is 1700. The minimum atomic E-state index is -2.96. The fourth-order valence-electron chi connectivity index (χ4n) is 6.47. The second-order valence-corrected chi connectivity index (χ2v) is 18.1. The van der Waals surface area contributed by atoms with Gasteiger partial charge in [0, 0.05) is 31.5 Å². The molecule has 5 rings (SSSR count). The number of rotatable bonds is 15. The van der Waals surface area contributed by atoms with Gasteiger partial charge < -0.3 is 24.9 Å². The first kappa shape index (κ1) is 37.1. The van der Waals surface area contributed by atoms with Gasteiger partial charge in [0.1, 0.15) is 11.9 Å². The van der Waals surface area contributed by atoms with E-state index in [0.717, 1.165) is 53.7 Å². The number of carbonyl (C=O) groups excluding carboxylic acids is 1. The molecule has 0 spiro atoms. The third-order valence-electron chi connectivity index (χ3n) is 8.97. The average molecular weight is 719 g/mol. The average Bonchev–Trinajstić information content (AvgIpc) is 3.10. The molecule has 3 heterocycles. The molecule has 1 aliphatic rings. The molecule has 2 atom stereocenters. The number of aliphatic carboxylic acids is 1. The van der Waals surface area contributed by atoms with Crippen molar-refractivity contribution < 1.29 is 28.2 Å². The number of aryl methyl sites for hydroxylation is 2. The molecular weight excluding hydrogens is 675 g/mol. The summed E-state index contributed by atoms with van der Waals surface area (Å²) < 4.78 is 27.9. The number of amides is 1. The van der Waals surface area contributed by atoms with Crippen LogP contribution in [-0.4, -0.2) is 67.2 Å². The van der Waals surface area contributed by atoms with Gasteiger partial charge in [-0.3, -0.25) is 9.78 Å². The van der Waals surface area contributed by atoms with Gasteiger partial charge in [0.05, 0.1) is 29.5 Å². The van der Waals surface area contributed by atoms with Gasteiger partial charge in [-0.2, -0.15) is 0 Å². The lowest BCUT2D eigenvalue weighted by Gasteiger charge is -2.45. The van der Waals surface area contributed by atoms with Crippen molar-refractivity contribution >= 4 is 48.0 Å². The number of nitrogens with zero attached hydrogens (tertiary/aromatic N) is 2. The minimum absolute atomic E-state index is 0.00539. The number of hydrogen-bond donors (Lipinski definition) is 3. The SMILES string of the molecule is CC(C)(C)[Si](O[C@@H](CCc1ccc2c(n1)NCCC2)COCCC(NC(=O)c1c(F)cncc1Cl)C(=O)O)(c1ccccc1)c1ccccc1. The molecule has 2 aromatic heterocycles. The second-order valence-electron chi connectivity index (χ2n) is 13.5. The van der Waals surface area contributed by atoms with Crippen LogP contribution in [0.1, 0.15) is 61.6 Å². The highest BCUT2D eigenvalue weighted by Crippen LogP contribution is 2.38. The van der Waals surface area contributed by atoms with Crippen LogP contribution in [-0.2, 0) is 26.8 Å². The van der Waals surface area contributed by atoms with E-state index in [1.807, 2.05) is 36.4 Å². The molecule has 0 fully saturated rings. The van der Waals surface area contributed by atoms with Crippen LogP contribution in [0.2, 0.25) is 10.1 Å². The summed E-state index contributed by atoms with van der Waals surface area (Å²) >= 11 is 5.98. The van der Waals surface area contributed by atoms with Crippen molar-refractivity contribution in [2.24, 2.45) is 0 Å². The molecule has 2 aromatic carbocycles. The molecule has 0 radical (unpaired) electrons. The van der Waals surface area contributed by atoms with Crippen LogP contribution in [0.25, 0.3) is 0 Å². The van der Waals surface area contributed by atoms with E-state index in [1.165, 1.54) is 5.56 Å². The fourth-order valence-corrected chi connectivity index (χ4v) is 11.4. The Morgan fingerprint density at radius 3 is 2.32 bits per heavy atom. The predicted molar refractivity (Wildman–Crippen MR) is 195 cm³/mol. The summed E-state index contributed by atoms with van der Waals surface area (Å²) in [5.41, 5.74) is 1.71. The van der Waals surface area contributed by atoms with Crippen molar-refractivity contribution in [3.8, 4) is 0 Å². The van der Waals surface area contributed by atoms with E-state index in [0.29, 0.717) is 12.8 Å². The summed E-state index contributed by atoms with van der Waals surface area (Å²) in [6.45, 7) is 7.73. The van der Waals surface area contributed by atoms with Gasteiger partial charge in [-0.05, 0) is 52.7 Å². The molecule has 12 heteroatoms. The van der Waals surface area contributed by atoms with Crippen LogP contribution >= 0.6 is 11.6 Å². The van der Waals surface area contributed by atoms with Gasteiger partial charge >= 0.3 is 5.97 Å². The Morgan fingerprint density at radius 2 is 1.70 bits per heavy atom. The van der Waals surface area contributed by atoms with E-state index in [9.17, 15) is 19.1 Å². The monoisotopic (exact) mass is 718 g/mol. The number of nitrogens with one attached hydrogen (secondary N) is 2. The van der Waals surface area contributed by atoms with Crippen LogP contribution in [0.15, 0.2) is 85.2 Å². The van der Waals surface area contributed by atoms with Gasteiger partial charge in [-0.15, -0.1) is 0 Å². The molecule has 50 heavy (non-hydrogen) atoms. The molecule has 9 nitrogen and oxygen atoms in total. The summed E-state index contributed by atoms with van der Waals surface area (Å²) in [5.74, 6) is -2.23. The zero-order valence-corrected chi connectivity index (χ0v) is 30.4. The molecule has 3 N–H and O–H groups in total. The minimum Gasteiger partial charge on any atom is -0.480 e. The highest BCUT2D eigenvalue weighted by molar-refractivity contribution is 6.99. The Labute approximate surface area is 298 Å². The number of carbonyl (C=O) groups is 2. The Balaban J connectivity index is 1.37. The van der Waals surface area contributed by atoms with Crippen molar-refractivity contribution in [2.45, 2.75) is 70.1 Å². The van der Waals surface area contributed by atoms with Crippen molar-refractivity contribution in [3.63, 3.8) is 0 Å². The number of anilines is 1. The van der Waals surface area contributed by atoms with E-state index in [2.05, 4.69) is 72.8 Å². The lowest BCUT2D eigenvalue weighted by atomic mass is 10.1. The number of hydrogen-bond acceptors (Lipinski definition) is 7. The van der Waals surface area contributed by atoms with E-state index in [-0.39, 0.29) is 35.8 Å². The summed E-state index contributed by atoms with van der Waals surface area (Å²) in [6, 6.07) is 23.6. The Hall–Kier alpha value is -4.16. The summed E-state index contributed by atoms with van der Waals surface area (Å²) in [5, 5.41) is 17.4. The van der Waals surface area contributed by atoms with Crippen molar-refractivity contribution in [1.29, 1.82) is 0 Å². The Morgan fingerprint density at radius 1 is 1.02 bits per heavy atom. The quantitative estimate of drug-likeness (QED) is 0.104. The van der Waals surface area contributed by atoms with Crippen molar-refractivity contribution in [2.75, 3.05) is 25.1 Å². The number of halogens is 2. The molecule has 0 saturated heterocycles. The zero-order valence-electron chi connectivity index (χ0n) is 28.6. The first-order valence-electron chi connectivity index (χ1n) is 16.9. The lowest BCUT2D eigenvalue weighted by molar-refractivity contribution is -0.139. The highest BCUT2D eigenvalue weighted by atomic mass is 35.5. The summed E-state index contributed by atoms with van der Waals surface area (Å²) in [6.07, 6.45) is 4.88. The standard InChI is InChI=1S/C38H44ClFN4O5Si/c1-38(2,3)50(29-12-6-4-7-13-29,30-14-8-5-9-15-30)49-28(19-18-27-17-16-26-11-10-21-42-35(26)43-27)25-48-22-20-33(37(46)47)44-36(45)34-31(39)23-41-24-32(34)40/h4-9,12-17,23-24,28,33H,10-11,18-22,25H2,1-3H3,(H,42,43)(H,44,45)(H,46,47)/t28-,33?/m0/s1. The number of pyridine rings is 2. The van der Waals surface area contributed by atoms with E-state index < -0.39 is 37.6 Å². The molecule has 0 saturated carbocycles. The van der Waals surface area contributed by atoms with Crippen LogP contribution in [0, 0.1) is 5.82 Å². The molecule has 0 bridgehead atoms. The van der Waals surface area contributed by atoms with Crippen LogP contribution < -0.4 is 21.0 Å². The third-order valence-corrected chi connectivity index (χ3v) is 14.4. The summed E-state index contributed by atoms with van der Waals surface area (Å²) in [4.78, 5) is 33.4. The first-order valence-corrected chi connectivity index (χ1v) is 19.2. The lowest BCUT2D eigenvalue weighted by Crippen LogP contribution is -2.68. The first-order chi connectivity index (χ1) is 24.0. The predicted octanol–water partition coefficient (Wildman–Crippen LogP) is 5.79. The van der Waals surface area contributed by atoms with Gasteiger partial charge in [0.15, 0.2) is 5.82 Å². The smallest absolute Gasteiger partial charge is 0.326 e. The van der Waals surface area contributed by atoms with Gasteiger partial charge in [0.2, 0.25) is 0 Å². The van der Waals surface area contributed by atoms with E-state index in [1.54, 1.807) is 0 Å². The largest absolute Gasteiger partial charge is 0.480 e. The topological polar surface area (TPSA) is 123 Å². The molecule has 0 aliphatic carbocycles. The molecule has 1 amide bonds. The maximum absolute atomic E-state index is 14.3. The maximum atomic E-state index is 14.3. The van der Waals surface area contributed by atoms with Gasteiger partial charge in [0.25, 0.3) is 14.2 Å². The maximum Gasteiger partial charge on any atom is 0.326 e. The summed E-state index contributed by atoms with van der Waals surface area (Å²) in [7, 11) is -2.96. The van der Waals surface area contributed by atoms with Crippen LogP contribution in [0.5, 0.6) is 0 Å². The van der Waals surface area contributed by atoms with Gasteiger partial charge in [-0.1, -0.05) is 99.1 Å². The molecule has 264 valence electrons. The fraction of sp³-hybridized carbons (Fsp3) is 0.368. The number of aromatic nitrogens is 2. The second kappa shape index (κ2) is 16.7. The van der Waals surface area contributed by atoms with E-state index in [4.69, 9.17) is 25.7 Å². The number of carboxylic acid groups (broad SMARTS) is 1. The van der Waals surface area contributed by atoms with E-state index >= 15 is 0 Å². The Kier molecular flexibility index (Phi) is 12.4. The van der Waals surface area contributed by atoms with Gasteiger partial charge in [-0.25, -0.2) is 14.2 Å². The van der Waals surface area contributed by atoms with Crippen LogP contribution in [0.4, 0.5) is 10.2 Å². The third kappa shape index (κ3) is 8.76. The number of carboxylic acids is 1. The number of benzene rings is 2. The zero-order chi connectivity index (χ0) is 35.7. The molecular formula is C38H44ClFN4O5Si. The normalized spacial score (nSPS) is 14.3. The van der Waals surface area contributed by atoms with Crippen molar-refractivity contribution in [3.05, 3.63) is 113 Å². The van der Waals surface area contributed by atoms with Crippen LogP contribution in [0.3, 0.4) is 0 Å². The number of fused-ring (bicyclic) bond motifs is 1. The molecule has 1 aliphatic heterocycles. The molecule has 1 unspecified atom stereocenters. The van der Waals surface area contributed by atoms with Crippen molar-refractivity contribution in [1.82, 2.24) is 15.3 Å². The highest BCUT2D eigenvalue weighted by Gasteiger charge is 2.51. The molecule has 4 aromatic rings.